The topological polar surface area (TPSA) is 55.4 Å². The summed E-state index contributed by atoms with van der Waals surface area (Å²) in [6.07, 6.45) is 0. The molecule has 22 heavy (non-hydrogen) atoms. The van der Waals surface area contributed by atoms with Crippen LogP contribution in [0, 0.1) is 0 Å². The van der Waals surface area contributed by atoms with E-state index in [2.05, 4.69) is 5.32 Å². The fourth-order valence-electron chi connectivity index (χ4n) is 1.69. The summed E-state index contributed by atoms with van der Waals surface area (Å²) >= 11 is 11.7. The van der Waals surface area contributed by atoms with Crippen molar-refractivity contribution in [2.24, 2.45) is 0 Å². The molecule has 1 atom stereocenters. The van der Waals surface area contributed by atoms with Crippen LogP contribution in [0.3, 0.4) is 0 Å². The number of ether oxygens (including phenoxy) is 1. The molecule has 116 valence electrons. The summed E-state index contributed by atoms with van der Waals surface area (Å²) in [5.41, 5.74) is 0.608. The number of amides is 1. The number of nitrogens with one attached hydrogen (secondary N) is 1. The van der Waals surface area contributed by atoms with E-state index in [0.717, 1.165) is 0 Å². The summed E-state index contributed by atoms with van der Waals surface area (Å²) in [4.78, 5) is 12.4. The molecule has 0 aliphatic rings. The average Bonchev–Trinajstić information content (AvgIpc) is 2.50. The Labute approximate surface area is 140 Å². The van der Waals surface area contributed by atoms with E-state index in [4.69, 9.17) is 27.9 Å². The fraction of sp³-hybridized carbons (Fsp3) is 0.133. The Bertz CT molecular complexity index is 704. The largest absolute Gasteiger partial charge is 0.497 e. The van der Waals surface area contributed by atoms with E-state index < -0.39 is 10.8 Å². The van der Waals surface area contributed by atoms with Gasteiger partial charge < -0.3 is 10.1 Å². The van der Waals surface area contributed by atoms with Crippen LogP contribution in [0.4, 0.5) is 5.69 Å². The highest BCUT2D eigenvalue weighted by Gasteiger charge is 2.12. The molecule has 1 unspecified atom stereocenters. The van der Waals surface area contributed by atoms with Crippen molar-refractivity contribution in [3.63, 3.8) is 0 Å². The van der Waals surface area contributed by atoms with Gasteiger partial charge >= 0.3 is 0 Å². The van der Waals surface area contributed by atoms with Crippen LogP contribution in [0.5, 0.6) is 5.75 Å². The van der Waals surface area contributed by atoms with E-state index in [1.54, 1.807) is 43.5 Å². The predicted molar refractivity (Wildman–Crippen MR) is 89.4 cm³/mol. The molecule has 2 rings (SSSR count). The lowest BCUT2D eigenvalue weighted by atomic mass is 10.3. The van der Waals surface area contributed by atoms with Crippen LogP contribution in [-0.4, -0.2) is 23.0 Å². The summed E-state index contributed by atoms with van der Waals surface area (Å²) < 4.78 is 17.2. The quantitative estimate of drug-likeness (QED) is 0.886. The number of halogens is 2. The molecule has 0 aromatic heterocycles. The van der Waals surface area contributed by atoms with Crippen molar-refractivity contribution in [1.29, 1.82) is 0 Å². The zero-order chi connectivity index (χ0) is 16.1. The van der Waals surface area contributed by atoms with Gasteiger partial charge in [-0.3, -0.25) is 9.00 Å². The van der Waals surface area contributed by atoms with Gasteiger partial charge in [-0.2, -0.15) is 0 Å². The van der Waals surface area contributed by atoms with E-state index in [-0.39, 0.29) is 11.7 Å². The molecule has 0 bridgehead atoms. The SMILES string of the molecule is COc1ccc(NC(=O)CS(=O)c2ccc(Cl)c(Cl)c2)cc1. The number of anilines is 1. The van der Waals surface area contributed by atoms with Crippen LogP contribution in [-0.2, 0) is 15.6 Å². The van der Waals surface area contributed by atoms with Gasteiger partial charge in [0, 0.05) is 10.6 Å². The lowest BCUT2D eigenvalue weighted by Gasteiger charge is -2.07. The van der Waals surface area contributed by atoms with Crippen molar-refractivity contribution in [3.8, 4) is 5.75 Å². The molecule has 4 nitrogen and oxygen atoms in total. The maximum atomic E-state index is 12.1. The van der Waals surface area contributed by atoms with Gasteiger partial charge in [0.05, 0.1) is 28.0 Å². The number of hydrogen-bond acceptors (Lipinski definition) is 3. The predicted octanol–water partition coefficient (Wildman–Crippen LogP) is 3.75. The van der Waals surface area contributed by atoms with Gasteiger partial charge in [-0.15, -0.1) is 0 Å². The smallest absolute Gasteiger partial charge is 0.237 e. The molecule has 1 amide bonds. The molecule has 0 aliphatic heterocycles. The molecule has 0 radical (unpaired) electrons. The highest BCUT2D eigenvalue weighted by atomic mass is 35.5. The van der Waals surface area contributed by atoms with Gasteiger partial charge in [0.1, 0.15) is 11.5 Å². The summed E-state index contributed by atoms with van der Waals surface area (Å²) in [5, 5.41) is 3.36. The molecule has 0 aliphatic carbocycles. The van der Waals surface area contributed by atoms with Gasteiger partial charge in [-0.1, -0.05) is 23.2 Å². The first-order valence-corrected chi connectivity index (χ1v) is 8.34. The first-order chi connectivity index (χ1) is 10.5. The van der Waals surface area contributed by atoms with Gasteiger partial charge in [-0.25, -0.2) is 0 Å². The second-order valence-corrected chi connectivity index (χ2v) is 6.61. The van der Waals surface area contributed by atoms with Crippen LogP contribution in [0.25, 0.3) is 0 Å². The zero-order valence-electron chi connectivity index (χ0n) is 11.6. The van der Waals surface area contributed by atoms with Crippen molar-refractivity contribution >= 4 is 45.6 Å². The standard InChI is InChI=1S/C15H13Cl2NO3S/c1-21-11-4-2-10(3-5-11)18-15(19)9-22(20)12-6-7-13(16)14(17)8-12/h2-8H,9H2,1H3,(H,18,19). The number of carbonyl (C=O) groups excluding carboxylic acids is 1. The monoisotopic (exact) mass is 357 g/mol. The average molecular weight is 358 g/mol. The van der Waals surface area contributed by atoms with Crippen molar-refractivity contribution in [3.05, 3.63) is 52.5 Å². The lowest BCUT2D eigenvalue weighted by Crippen LogP contribution is -2.19. The molecular formula is C15H13Cl2NO3S. The zero-order valence-corrected chi connectivity index (χ0v) is 14.0. The maximum Gasteiger partial charge on any atom is 0.237 e. The second kappa shape index (κ2) is 7.63. The van der Waals surface area contributed by atoms with Crippen LogP contribution < -0.4 is 10.1 Å². The Morgan fingerprint density at radius 2 is 1.82 bits per heavy atom. The molecule has 0 fully saturated rings. The number of hydrogen-bond donors (Lipinski definition) is 1. The maximum absolute atomic E-state index is 12.1. The molecule has 0 saturated carbocycles. The Hall–Kier alpha value is -1.56. The van der Waals surface area contributed by atoms with E-state index in [1.165, 1.54) is 6.07 Å². The summed E-state index contributed by atoms with van der Waals surface area (Å²) in [7, 11) is 0.0720. The highest BCUT2D eigenvalue weighted by molar-refractivity contribution is 7.85. The van der Waals surface area contributed by atoms with E-state index in [1.807, 2.05) is 0 Å². The minimum absolute atomic E-state index is 0.163. The second-order valence-electron chi connectivity index (χ2n) is 4.34. The third kappa shape index (κ3) is 4.47. The molecule has 7 heteroatoms. The van der Waals surface area contributed by atoms with Gasteiger partial charge in [0.25, 0.3) is 0 Å². The fourth-order valence-corrected chi connectivity index (χ4v) is 3.00. The Kier molecular flexibility index (Phi) is 5.83. The molecule has 0 spiro atoms. The van der Waals surface area contributed by atoms with Crippen LogP contribution >= 0.6 is 23.2 Å². The van der Waals surface area contributed by atoms with Crippen LogP contribution in [0.1, 0.15) is 0 Å². The lowest BCUT2D eigenvalue weighted by molar-refractivity contribution is -0.113. The number of methoxy groups -OCH3 is 1. The summed E-state index contributed by atoms with van der Waals surface area (Å²) in [6, 6.07) is 11.5. The van der Waals surface area contributed by atoms with E-state index >= 15 is 0 Å². The van der Waals surface area contributed by atoms with Crippen LogP contribution in [0.15, 0.2) is 47.4 Å². The Morgan fingerprint density at radius 1 is 1.14 bits per heavy atom. The molecule has 0 saturated heterocycles. The van der Waals surface area contributed by atoms with Crippen molar-refractivity contribution in [1.82, 2.24) is 0 Å². The van der Waals surface area contributed by atoms with Crippen molar-refractivity contribution in [2.75, 3.05) is 18.2 Å². The van der Waals surface area contributed by atoms with Gasteiger partial charge in [-0.05, 0) is 42.5 Å². The highest BCUT2D eigenvalue weighted by Crippen LogP contribution is 2.24. The summed E-state index contributed by atoms with van der Waals surface area (Å²) in [5.74, 6) is 0.177. The normalized spacial score (nSPS) is 11.8. The van der Waals surface area contributed by atoms with Crippen molar-refractivity contribution < 1.29 is 13.7 Å². The summed E-state index contributed by atoms with van der Waals surface area (Å²) in [6.45, 7) is 0. The third-order valence-electron chi connectivity index (χ3n) is 2.79. The molecule has 1 N–H and O–H groups in total. The molecule has 2 aromatic rings. The number of carbonyl (C=O) groups is 1. The first-order valence-electron chi connectivity index (χ1n) is 6.27. The Morgan fingerprint density at radius 3 is 2.41 bits per heavy atom. The van der Waals surface area contributed by atoms with Gasteiger partial charge in [0.2, 0.25) is 5.91 Å². The minimum atomic E-state index is -1.49. The number of rotatable bonds is 5. The molecule has 2 aromatic carbocycles. The third-order valence-corrected chi connectivity index (χ3v) is 4.83. The number of benzene rings is 2. The first kappa shape index (κ1) is 16.8. The van der Waals surface area contributed by atoms with Crippen molar-refractivity contribution in [2.45, 2.75) is 4.90 Å². The van der Waals surface area contributed by atoms with Crippen LogP contribution in [0.2, 0.25) is 10.0 Å². The van der Waals surface area contributed by atoms with Gasteiger partial charge in [0.15, 0.2) is 0 Å². The van der Waals surface area contributed by atoms with E-state index in [9.17, 15) is 9.00 Å². The molecular weight excluding hydrogens is 345 g/mol. The Balaban J connectivity index is 1.98. The minimum Gasteiger partial charge on any atom is -0.497 e. The van der Waals surface area contributed by atoms with E-state index in [0.29, 0.717) is 26.4 Å². The molecule has 0 heterocycles.